The number of hydrogen-bond donors (Lipinski definition) is 2. The Bertz CT molecular complexity index is 1780. The zero-order valence-corrected chi connectivity index (χ0v) is 25.5. The van der Waals surface area contributed by atoms with Gasteiger partial charge >= 0.3 is 5.97 Å². The molecule has 2 saturated heterocycles. The molecule has 2 fully saturated rings. The van der Waals surface area contributed by atoms with Gasteiger partial charge in [0.05, 0.1) is 16.8 Å². The number of carboxylic acids is 1. The van der Waals surface area contributed by atoms with Crippen LogP contribution in [0.2, 0.25) is 0 Å². The first-order valence-electron chi connectivity index (χ1n) is 14.9. The topological polar surface area (TPSA) is 130 Å². The van der Waals surface area contributed by atoms with Crippen molar-refractivity contribution in [1.29, 1.82) is 0 Å². The normalized spacial score (nSPS) is 22.3. The molecule has 2 amide bonds. The van der Waals surface area contributed by atoms with Crippen LogP contribution < -0.4 is 5.32 Å². The van der Waals surface area contributed by atoms with E-state index in [1.165, 1.54) is 40.9 Å². The minimum atomic E-state index is -1.81. The summed E-state index contributed by atoms with van der Waals surface area (Å²) in [7, 11) is 0. The van der Waals surface area contributed by atoms with Gasteiger partial charge in [-0.3, -0.25) is 34.7 Å². The summed E-state index contributed by atoms with van der Waals surface area (Å²) in [5, 5.41) is 25.2. The van der Waals surface area contributed by atoms with E-state index in [-0.39, 0.29) is 18.7 Å². The first-order valence-corrected chi connectivity index (χ1v) is 15.9. The molecule has 0 spiro atoms. The van der Waals surface area contributed by atoms with Crippen molar-refractivity contribution in [2.45, 2.75) is 22.9 Å². The number of fused-ring (bicyclic) bond motifs is 1. The molecule has 0 radical (unpaired) electrons. The number of carbonyl (C=O) groups excluding carboxylic acids is 2. The van der Waals surface area contributed by atoms with Crippen molar-refractivity contribution in [2.24, 2.45) is 11.8 Å². The van der Waals surface area contributed by atoms with Crippen molar-refractivity contribution < 1.29 is 24.4 Å². The summed E-state index contributed by atoms with van der Waals surface area (Å²) in [5.41, 5.74) is 1.22. The van der Waals surface area contributed by atoms with Gasteiger partial charge in [0.1, 0.15) is 5.54 Å². The second-order valence-electron chi connectivity index (χ2n) is 11.4. The third-order valence-corrected chi connectivity index (χ3v) is 9.64. The molecular formula is C36H31N3O6S. The number of amides is 2. The average molecular weight is 634 g/mol. The van der Waals surface area contributed by atoms with E-state index in [0.717, 1.165) is 16.0 Å². The number of non-ortho nitro benzene ring substituents is 1. The van der Waals surface area contributed by atoms with Crippen LogP contribution in [0.4, 0.5) is 5.69 Å². The highest BCUT2D eigenvalue weighted by atomic mass is 32.2. The predicted octanol–water partition coefficient (Wildman–Crippen LogP) is 5.87. The lowest BCUT2D eigenvalue weighted by molar-refractivity contribution is -0.384. The summed E-state index contributed by atoms with van der Waals surface area (Å²) in [6.07, 6.45) is 3.82. The first kappa shape index (κ1) is 30.9. The number of thioether (sulfide) groups is 1. The van der Waals surface area contributed by atoms with Crippen molar-refractivity contribution in [3.8, 4) is 0 Å². The second kappa shape index (κ2) is 13.1. The molecule has 0 aliphatic carbocycles. The zero-order valence-electron chi connectivity index (χ0n) is 24.7. The summed E-state index contributed by atoms with van der Waals surface area (Å²) in [5.74, 6) is -3.82. The Morgan fingerprint density at radius 3 is 2.09 bits per heavy atom. The lowest BCUT2D eigenvalue weighted by Gasteiger charge is -2.31. The maximum Gasteiger partial charge on any atom is 0.325 e. The monoisotopic (exact) mass is 633 g/mol. The van der Waals surface area contributed by atoms with Gasteiger partial charge in [0.2, 0.25) is 11.8 Å². The maximum absolute atomic E-state index is 14.0. The van der Waals surface area contributed by atoms with E-state index in [0.29, 0.717) is 16.9 Å². The van der Waals surface area contributed by atoms with E-state index in [2.05, 4.69) is 5.32 Å². The summed E-state index contributed by atoms with van der Waals surface area (Å²) in [6.45, 7) is 0.146. The summed E-state index contributed by atoms with van der Waals surface area (Å²) < 4.78 is 0. The quantitative estimate of drug-likeness (QED) is 0.0690. The van der Waals surface area contributed by atoms with Crippen molar-refractivity contribution in [1.82, 2.24) is 10.2 Å². The van der Waals surface area contributed by atoms with Gasteiger partial charge in [0.15, 0.2) is 0 Å². The van der Waals surface area contributed by atoms with Gasteiger partial charge in [-0.25, -0.2) is 0 Å². The molecule has 2 aliphatic rings. The Kier molecular flexibility index (Phi) is 8.83. The van der Waals surface area contributed by atoms with E-state index >= 15 is 0 Å². The number of hydrogen-bond acceptors (Lipinski definition) is 7. The molecule has 232 valence electrons. The number of nitrogens with zero attached hydrogens (tertiary/aromatic N) is 2. The molecule has 4 aromatic rings. The molecule has 4 atom stereocenters. The van der Waals surface area contributed by atoms with Gasteiger partial charge in [0.25, 0.3) is 5.69 Å². The number of nitro benzene ring substituents is 1. The molecule has 4 aromatic carbocycles. The van der Waals surface area contributed by atoms with Crippen LogP contribution in [0.1, 0.15) is 28.3 Å². The summed E-state index contributed by atoms with van der Waals surface area (Å²) in [4.78, 5) is 54.1. The SMILES string of the molecule is O=C1C2C(c3ccc(/C=C/c4ccccc4)cc3)NC(Cc3ccc([N+](=O)[O-])cc3)(C(=O)O)C2C(=O)N1CCSc1ccccc1. The number of aliphatic carboxylic acids is 1. The third kappa shape index (κ3) is 6.09. The molecule has 2 N–H and O–H groups in total. The van der Waals surface area contributed by atoms with E-state index in [1.54, 1.807) is 0 Å². The van der Waals surface area contributed by atoms with Crippen LogP contribution in [-0.4, -0.2) is 50.5 Å². The molecule has 2 heterocycles. The molecular weight excluding hydrogens is 602 g/mol. The fourth-order valence-electron chi connectivity index (χ4n) is 6.40. The molecule has 6 rings (SSSR count). The smallest absolute Gasteiger partial charge is 0.325 e. The molecule has 2 aliphatic heterocycles. The fourth-order valence-corrected chi connectivity index (χ4v) is 7.26. The number of carbonyl (C=O) groups is 3. The van der Waals surface area contributed by atoms with Gasteiger partial charge in [-0.05, 0) is 34.4 Å². The number of imide groups is 1. The standard InChI is InChI=1S/C36H31N3O6S/c40-33-30-31(34(41)38(33)21-22-46-29-9-5-2-6-10-29)36(35(42)43,23-26-15-19-28(20-16-26)39(44)45)37-32(30)27-17-13-25(14-18-27)12-11-24-7-3-1-4-8-24/h1-20,30-32,37H,21-23H2,(H,42,43)/b12-11+. The Hall–Kier alpha value is -5.06. The number of likely N-dealkylation sites (tertiary alicyclic amines) is 1. The van der Waals surface area contributed by atoms with Crippen molar-refractivity contribution in [2.75, 3.05) is 12.3 Å². The average Bonchev–Trinajstić information content (AvgIpc) is 3.54. The van der Waals surface area contributed by atoms with Crippen LogP contribution in [0.15, 0.2) is 114 Å². The minimum Gasteiger partial charge on any atom is -0.480 e. The van der Waals surface area contributed by atoms with Crippen molar-refractivity contribution >= 4 is 47.4 Å². The number of carboxylic acid groups (broad SMARTS) is 1. The molecule has 0 saturated carbocycles. The summed E-state index contributed by atoms with van der Waals surface area (Å²) in [6, 6.07) is 31.9. The molecule has 4 unspecified atom stereocenters. The highest BCUT2D eigenvalue weighted by molar-refractivity contribution is 7.99. The Morgan fingerprint density at radius 2 is 1.48 bits per heavy atom. The number of nitrogens with one attached hydrogen (secondary N) is 1. The highest BCUT2D eigenvalue weighted by Crippen LogP contribution is 2.50. The Balaban J connectivity index is 1.32. The van der Waals surface area contributed by atoms with Crippen LogP contribution in [0, 0.1) is 22.0 Å². The number of nitro groups is 1. The largest absolute Gasteiger partial charge is 0.480 e. The number of rotatable bonds is 11. The van der Waals surface area contributed by atoms with Gasteiger partial charge in [0, 0.05) is 41.8 Å². The van der Waals surface area contributed by atoms with E-state index in [9.17, 15) is 29.6 Å². The van der Waals surface area contributed by atoms with Gasteiger partial charge in [-0.15, -0.1) is 11.8 Å². The lowest BCUT2D eigenvalue weighted by Crippen LogP contribution is -2.57. The van der Waals surface area contributed by atoms with Gasteiger partial charge in [-0.2, -0.15) is 0 Å². The van der Waals surface area contributed by atoms with Crippen LogP contribution in [0.3, 0.4) is 0 Å². The summed E-state index contributed by atoms with van der Waals surface area (Å²) >= 11 is 1.51. The van der Waals surface area contributed by atoms with Gasteiger partial charge < -0.3 is 5.11 Å². The third-order valence-electron chi connectivity index (χ3n) is 8.65. The van der Waals surface area contributed by atoms with Crippen LogP contribution in [0.5, 0.6) is 0 Å². The molecule has 46 heavy (non-hydrogen) atoms. The Labute approximate surface area is 270 Å². The van der Waals surface area contributed by atoms with Crippen molar-refractivity contribution in [3.05, 3.63) is 142 Å². The second-order valence-corrected chi connectivity index (χ2v) is 12.6. The minimum absolute atomic E-state index is 0.126. The van der Waals surface area contributed by atoms with E-state index < -0.39 is 46.1 Å². The number of benzene rings is 4. The Morgan fingerprint density at radius 1 is 0.870 bits per heavy atom. The van der Waals surface area contributed by atoms with E-state index in [4.69, 9.17) is 0 Å². The van der Waals surface area contributed by atoms with Gasteiger partial charge in [-0.1, -0.05) is 97.1 Å². The fraction of sp³-hybridized carbons (Fsp3) is 0.194. The zero-order chi connectivity index (χ0) is 32.3. The van der Waals surface area contributed by atoms with E-state index in [1.807, 2.05) is 97.1 Å². The van der Waals surface area contributed by atoms with Crippen molar-refractivity contribution in [3.63, 3.8) is 0 Å². The van der Waals surface area contributed by atoms with Crippen LogP contribution in [-0.2, 0) is 20.8 Å². The highest BCUT2D eigenvalue weighted by Gasteiger charge is 2.68. The molecule has 9 nitrogen and oxygen atoms in total. The molecule has 0 aromatic heterocycles. The lowest BCUT2D eigenvalue weighted by atomic mass is 9.76. The molecule has 10 heteroatoms. The van der Waals surface area contributed by atoms with Crippen LogP contribution >= 0.6 is 11.8 Å². The predicted molar refractivity (Wildman–Crippen MR) is 176 cm³/mol. The molecule has 0 bridgehead atoms. The van der Waals surface area contributed by atoms with Crippen LogP contribution in [0.25, 0.3) is 12.2 Å². The maximum atomic E-state index is 14.0. The first-order chi connectivity index (χ1) is 22.3.